The second kappa shape index (κ2) is 2.78. The monoisotopic (exact) mass is 152 g/mol. The van der Waals surface area contributed by atoms with E-state index in [1.54, 1.807) is 0 Å². The smallest absolute Gasteiger partial charge is 0.241 e. The molecule has 0 N–H and O–H groups in total. The molecule has 4 heteroatoms. The molecule has 1 nitrogen and oxygen atoms in total. The zero-order valence-electron chi connectivity index (χ0n) is 5.49. The van der Waals surface area contributed by atoms with Crippen molar-refractivity contribution in [3.8, 4) is 0 Å². The second-order valence-corrected chi connectivity index (χ2v) is 2.51. The minimum absolute atomic E-state index is 0.0243. The normalized spacial score (nSPS) is 28.5. The zero-order chi connectivity index (χ0) is 7.61. The molecule has 0 aromatic carbocycles. The number of rotatable bonds is 0. The molecular formula is C6H9F3N. The van der Waals surface area contributed by atoms with Gasteiger partial charge in [0.05, 0.1) is 5.92 Å². The maximum Gasteiger partial charge on any atom is 0.393 e. The van der Waals surface area contributed by atoms with E-state index in [0.717, 1.165) is 0 Å². The molecule has 1 fully saturated rings. The van der Waals surface area contributed by atoms with Gasteiger partial charge in [0.25, 0.3) is 0 Å². The Morgan fingerprint density at radius 3 is 2.30 bits per heavy atom. The Kier molecular flexibility index (Phi) is 2.18. The van der Waals surface area contributed by atoms with Crippen molar-refractivity contribution in [1.29, 1.82) is 0 Å². The zero-order valence-corrected chi connectivity index (χ0v) is 5.49. The maximum absolute atomic E-state index is 11.9. The van der Waals surface area contributed by atoms with Gasteiger partial charge in [0.15, 0.2) is 0 Å². The van der Waals surface area contributed by atoms with Crippen LogP contribution in [0.15, 0.2) is 0 Å². The molecule has 1 unspecified atom stereocenters. The average Bonchev–Trinajstić information content (AvgIpc) is 1.88. The minimum Gasteiger partial charge on any atom is -0.241 e. The summed E-state index contributed by atoms with van der Waals surface area (Å²) in [6.07, 6.45) is -3.18. The second-order valence-electron chi connectivity index (χ2n) is 2.51. The summed E-state index contributed by atoms with van der Waals surface area (Å²) in [4.78, 5) is 0. The van der Waals surface area contributed by atoms with Gasteiger partial charge in [0.1, 0.15) is 0 Å². The average molecular weight is 152 g/mol. The Balaban J connectivity index is 2.39. The molecule has 1 aliphatic heterocycles. The van der Waals surface area contributed by atoms with E-state index >= 15 is 0 Å². The van der Waals surface area contributed by atoms with E-state index < -0.39 is 12.1 Å². The van der Waals surface area contributed by atoms with E-state index in [0.29, 0.717) is 13.0 Å². The molecule has 1 heterocycles. The van der Waals surface area contributed by atoms with Gasteiger partial charge in [-0.2, -0.15) is 13.2 Å². The molecular weight excluding hydrogens is 143 g/mol. The summed E-state index contributed by atoms with van der Waals surface area (Å²) in [5.41, 5.74) is 0. The van der Waals surface area contributed by atoms with Crippen LogP contribution in [0.5, 0.6) is 0 Å². The van der Waals surface area contributed by atoms with E-state index in [1.807, 2.05) is 0 Å². The molecule has 0 aliphatic carbocycles. The molecule has 0 bridgehead atoms. The predicted octanol–water partition coefficient (Wildman–Crippen LogP) is 1.56. The van der Waals surface area contributed by atoms with Crippen LogP contribution in [0.1, 0.15) is 12.8 Å². The van der Waals surface area contributed by atoms with Crippen LogP contribution in [-0.2, 0) is 0 Å². The lowest BCUT2D eigenvalue weighted by atomic mass is 9.99. The van der Waals surface area contributed by atoms with Gasteiger partial charge in [0, 0.05) is 13.1 Å². The third kappa shape index (κ3) is 1.87. The molecule has 10 heavy (non-hydrogen) atoms. The van der Waals surface area contributed by atoms with E-state index in [9.17, 15) is 13.2 Å². The lowest BCUT2D eigenvalue weighted by Crippen LogP contribution is -2.34. The molecule has 0 aromatic rings. The van der Waals surface area contributed by atoms with E-state index in [4.69, 9.17) is 0 Å². The van der Waals surface area contributed by atoms with Crippen LogP contribution in [0.3, 0.4) is 0 Å². The van der Waals surface area contributed by atoms with Gasteiger partial charge >= 0.3 is 6.18 Å². The molecule has 1 rings (SSSR count). The highest BCUT2D eigenvalue weighted by molar-refractivity contribution is 4.74. The van der Waals surface area contributed by atoms with Crippen molar-refractivity contribution < 1.29 is 13.2 Å². The highest BCUT2D eigenvalue weighted by Crippen LogP contribution is 2.30. The molecule has 59 valence electrons. The Bertz CT molecular complexity index is 104. The molecule has 1 radical (unpaired) electrons. The Morgan fingerprint density at radius 2 is 2.00 bits per heavy atom. The number of hydrogen-bond donors (Lipinski definition) is 0. The van der Waals surface area contributed by atoms with Crippen LogP contribution in [0.25, 0.3) is 0 Å². The fourth-order valence-electron chi connectivity index (χ4n) is 1.06. The van der Waals surface area contributed by atoms with E-state index in [2.05, 4.69) is 5.32 Å². The van der Waals surface area contributed by atoms with Crippen molar-refractivity contribution in [1.82, 2.24) is 5.32 Å². The Morgan fingerprint density at radius 1 is 1.30 bits per heavy atom. The van der Waals surface area contributed by atoms with Gasteiger partial charge in [-0.05, 0) is 12.8 Å². The molecule has 0 saturated carbocycles. The largest absolute Gasteiger partial charge is 0.393 e. The van der Waals surface area contributed by atoms with Crippen LogP contribution in [0.2, 0.25) is 0 Å². The summed E-state index contributed by atoms with van der Waals surface area (Å²) in [5, 5.41) is 3.70. The summed E-state index contributed by atoms with van der Waals surface area (Å²) < 4.78 is 35.6. The van der Waals surface area contributed by atoms with Gasteiger partial charge in [-0.25, -0.2) is 5.32 Å². The van der Waals surface area contributed by atoms with Crippen molar-refractivity contribution in [2.75, 3.05) is 13.1 Å². The molecule has 1 aliphatic rings. The van der Waals surface area contributed by atoms with Crippen LogP contribution < -0.4 is 5.32 Å². The van der Waals surface area contributed by atoms with Gasteiger partial charge in [-0.1, -0.05) is 0 Å². The molecule has 0 amide bonds. The highest BCUT2D eigenvalue weighted by Gasteiger charge is 2.39. The van der Waals surface area contributed by atoms with Crippen molar-refractivity contribution >= 4 is 0 Å². The van der Waals surface area contributed by atoms with Crippen molar-refractivity contribution in [2.24, 2.45) is 5.92 Å². The molecule has 0 spiro atoms. The standard InChI is InChI=1S/C6H9F3N/c7-6(8,9)5-2-1-3-10-4-5/h5H,1-4H2. The molecule has 1 atom stereocenters. The van der Waals surface area contributed by atoms with Gasteiger partial charge < -0.3 is 0 Å². The van der Waals surface area contributed by atoms with Gasteiger partial charge in [-0.15, -0.1) is 0 Å². The number of hydrogen-bond acceptors (Lipinski definition) is 0. The van der Waals surface area contributed by atoms with Crippen LogP contribution in [-0.4, -0.2) is 19.3 Å². The quantitative estimate of drug-likeness (QED) is 0.500. The summed E-state index contributed by atoms with van der Waals surface area (Å²) in [5.74, 6) is -1.17. The Labute approximate surface area is 57.6 Å². The minimum atomic E-state index is -4.02. The SMILES string of the molecule is FC(F)(F)C1CCC[N]C1. The first-order chi connectivity index (χ1) is 4.61. The van der Waals surface area contributed by atoms with Crippen LogP contribution >= 0.6 is 0 Å². The van der Waals surface area contributed by atoms with Gasteiger partial charge in [0.2, 0.25) is 0 Å². The van der Waals surface area contributed by atoms with Crippen LogP contribution in [0, 0.1) is 5.92 Å². The first kappa shape index (κ1) is 7.85. The predicted molar refractivity (Wildman–Crippen MR) is 30.6 cm³/mol. The van der Waals surface area contributed by atoms with Crippen LogP contribution in [0.4, 0.5) is 13.2 Å². The molecule has 1 saturated heterocycles. The summed E-state index contributed by atoms with van der Waals surface area (Å²) in [6, 6.07) is 0. The summed E-state index contributed by atoms with van der Waals surface area (Å²) >= 11 is 0. The number of nitrogens with zero attached hydrogens (tertiary/aromatic N) is 1. The lowest BCUT2D eigenvalue weighted by molar-refractivity contribution is -0.178. The van der Waals surface area contributed by atoms with Crippen molar-refractivity contribution in [2.45, 2.75) is 19.0 Å². The van der Waals surface area contributed by atoms with E-state index in [1.165, 1.54) is 0 Å². The fourth-order valence-corrected chi connectivity index (χ4v) is 1.06. The lowest BCUT2D eigenvalue weighted by Gasteiger charge is -2.23. The maximum atomic E-state index is 11.9. The van der Waals surface area contributed by atoms with Crippen molar-refractivity contribution in [3.63, 3.8) is 0 Å². The first-order valence-electron chi connectivity index (χ1n) is 3.30. The van der Waals surface area contributed by atoms with E-state index in [-0.39, 0.29) is 13.0 Å². The summed E-state index contributed by atoms with van der Waals surface area (Å²) in [6.45, 7) is 0.579. The summed E-state index contributed by atoms with van der Waals surface area (Å²) in [7, 11) is 0. The number of halogens is 3. The molecule has 0 aromatic heterocycles. The van der Waals surface area contributed by atoms with Crippen molar-refractivity contribution in [3.05, 3.63) is 0 Å². The third-order valence-corrected chi connectivity index (χ3v) is 1.68. The first-order valence-corrected chi connectivity index (χ1v) is 3.30. The van der Waals surface area contributed by atoms with Gasteiger partial charge in [-0.3, -0.25) is 0 Å². The third-order valence-electron chi connectivity index (χ3n) is 1.68. The highest BCUT2D eigenvalue weighted by atomic mass is 19.4. The number of piperidine rings is 1. The fraction of sp³-hybridized carbons (Fsp3) is 1.00. The number of alkyl halides is 3. The topological polar surface area (TPSA) is 14.1 Å². The Hall–Kier alpha value is -0.250.